The highest BCUT2D eigenvalue weighted by Gasteiger charge is 2.33. The molecule has 1 N–H and O–H groups in total. The van der Waals surface area contributed by atoms with Gasteiger partial charge in [0, 0.05) is 12.5 Å². The van der Waals surface area contributed by atoms with Gasteiger partial charge in [0.25, 0.3) is 0 Å². The van der Waals surface area contributed by atoms with Crippen molar-refractivity contribution in [3.8, 4) is 0 Å². The standard InChI is InChI=1S/C14H15F3N2O/c15-14(16,17)11-3-1-2-9(6-11)12-8-19-13(20-12)10-4-5-18-7-10/h1-3,6,10,12,18H,4-5,7-8H2. The maximum atomic E-state index is 12.7. The topological polar surface area (TPSA) is 33.6 Å². The molecule has 0 spiro atoms. The van der Waals surface area contributed by atoms with Crippen LogP contribution < -0.4 is 5.32 Å². The zero-order valence-electron chi connectivity index (χ0n) is 10.8. The smallest absolute Gasteiger partial charge is 0.416 e. The van der Waals surface area contributed by atoms with Crippen molar-refractivity contribution in [2.45, 2.75) is 18.7 Å². The number of ether oxygens (including phenoxy) is 1. The summed E-state index contributed by atoms with van der Waals surface area (Å²) in [6.45, 7) is 2.16. The number of hydrogen-bond acceptors (Lipinski definition) is 3. The third-order valence-corrected chi connectivity index (χ3v) is 3.67. The van der Waals surface area contributed by atoms with E-state index in [0.29, 0.717) is 18.0 Å². The Hall–Kier alpha value is -1.56. The maximum Gasteiger partial charge on any atom is 0.416 e. The average Bonchev–Trinajstić information content (AvgIpc) is 3.09. The summed E-state index contributed by atoms with van der Waals surface area (Å²) in [4.78, 5) is 4.34. The number of nitrogens with one attached hydrogen (secondary N) is 1. The Morgan fingerprint density at radius 3 is 2.85 bits per heavy atom. The van der Waals surface area contributed by atoms with Crippen molar-refractivity contribution in [1.82, 2.24) is 5.32 Å². The van der Waals surface area contributed by atoms with Crippen molar-refractivity contribution in [3.05, 3.63) is 35.4 Å². The molecule has 6 heteroatoms. The molecule has 2 aliphatic rings. The van der Waals surface area contributed by atoms with Crippen molar-refractivity contribution < 1.29 is 17.9 Å². The van der Waals surface area contributed by atoms with Crippen LogP contribution in [0.3, 0.4) is 0 Å². The van der Waals surface area contributed by atoms with Crippen LogP contribution in [0.25, 0.3) is 0 Å². The first-order chi connectivity index (χ1) is 9.54. The second kappa shape index (κ2) is 5.09. The molecule has 2 aliphatic heterocycles. The van der Waals surface area contributed by atoms with Crippen LogP contribution in [0.15, 0.2) is 29.3 Å². The highest BCUT2D eigenvalue weighted by molar-refractivity contribution is 5.81. The Bertz CT molecular complexity index is 521. The molecule has 20 heavy (non-hydrogen) atoms. The second-order valence-electron chi connectivity index (χ2n) is 5.10. The summed E-state index contributed by atoms with van der Waals surface area (Å²) in [6.07, 6.45) is -3.75. The Kier molecular flexibility index (Phi) is 3.41. The van der Waals surface area contributed by atoms with Gasteiger partial charge in [0.05, 0.1) is 12.1 Å². The SMILES string of the molecule is FC(F)(F)c1cccc(C2CN=C(C3CCNC3)O2)c1. The van der Waals surface area contributed by atoms with Crippen molar-refractivity contribution in [2.75, 3.05) is 19.6 Å². The summed E-state index contributed by atoms with van der Waals surface area (Å²) in [5, 5.41) is 3.22. The molecule has 1 fully saturated rings. The lowest BCUT2D eigenvalue weighted by Crippen LogP contribution is -2.19. The first-order valence-electron chi connectivity index (χ1n) is 6.63. The number of aliphatic imine (C=N–C) groups is 1. The fourth-order valence-electron chi connectivity index (χ4n) is 2.57. The highest BCUT2D eigenvalue weighted by Crippen LogP contribution is 2.33. The minimum atomic E-state index is -4.33. The molecule has 3 nitrogen and oxygen atoms in total. The molecule has 0 amide bonds. The average molecular weight is 284 g/mol. The fraction of sp³-hybridized carbons (Fsp3) is 0.500. The van der Waals surface area contributed by atoms with Gasteiger partial charge in [-0.2, -0.15) is 13.2 Å². The van der Waals surface area contributed by atoms with Crippen LogP contribution in [0, 0.1) is 5.92 Å². The molecule has 0 aromatic heterocycles. The van der Waals surface area contributed by atoms with Gasteiger partial charge in [-0.1, -0.05) is 12.1 Å². The van der Waals surface area contributed by atoms with Crippen LogP contribution in [0.4, 0.5) is 13.2 Å². The van der Waals surface area contributed by atoms with E-state index in [-0.39, 0.29) is 5.92 Å². The monoisotopic (exact) mass is 284 g/mol. The first kappa shape index (κ1) is 13.4. The van der Waals surface area contributed by atoms with Crippen LogP contribution in [0.5, 0.6) is 0 Å². The lowest BCUT2D eigenvalue weighted by atomic mass is 10.1. The van der Waals surface area contributed by atoms with Crippen molar-refractivity contribution in [1.29, 1.82) is 0 Å². The van der Waals surface area contributed by atoms with Crippen molar-refractivity contribution >= 4 is 5.90 Å². The van der Waals surface area contributed by atoms with Crippen LogP contribution in [0.2, 0.25) is 0 Å². The summed E-state index contributed by atoms with van der Waals surface area (Å²) in [5.74, 6) is 0.934. The number of rotatable bonds is 2. The van der Waals surface area contributed by atoms with Crippen LogP contribution in [-0.2, 0) is 10.9 Å². The van der Waals surface area contributed by atoms with Gasteiger partial charge in [0.2, 0.25) is 0 Å². The van der Waals surface area contributed by atoms with Crippen LogP contribution >= 0.6 is 0 Å². The molecule has 0 bridgehead atoms. The largest absolute Gasteiger partial charge is 0.471 e. The van der Waals surface area contributed by atoms with Gasteiger partial charge in [-0.15, -0.1) is 0 Å². The summed E-state index contributed by atoms with van der Waals surface area (Å²) in [6, 6.07) is 5.29. The first-order valence-corrected chi connectivity index (χ1v) is 6.63. The summed E-state index contributed by atoms with van der Waals surface area (Å²) >= 11 is 0. The lowest BCUT2D eigenvalue weighted by Gasteiger charge is -2.15. The highest BCUT2D eigenvalue weighted by atomic mass is 19.4. The van der Waals surface area contributed by atoms with Gasteiger partial charge in [0.15, 0.2) is 5.90 Å². The van der Waals surface area contributed by atoms with Gasteiger partial charge in [-0.05, 0) is 30.7 Å². The predicted molar refractivity (Wildman–Crippen MR) is 68.5 cm³/mol. The Labute approximate surface area is 114 Å². The third kappa shape index (κ3) is 2.65. The van der Waals surface area contributed by atoms with E-state index in [1.54, 1.807) is 6.07 Å². The van der Waals surface area contributed by atoms with Crippen LogP contribution in [-0.4, -0.2) is 25.5 Å². The van der Waals surface area contributed by atoms with E-state index in [2.05, 4.69) is 10.3 Å². The molecule has 1 aromatic carbocycles. The molecule has 1 saturated heterocycles. The zero-order chi connectivity index (χ0) is 14.2. The minimum absolute atomic E-state index is 0.255. The van der Waals surface area contributed by atoms with E-state index in [1.165, 1.54) is 6.07 Å². The molecule has 108 valence electrons. The van der Waals surface area contributed by atoms with Gasteiger partial charge in [-0.3, -0.25) is 4.99 Å². The zero-order valence-corrected chi connectivity index (χ0v) is 10.8. The number of halogens is 3. The lowest BCUT2D eigenvalue weighted by molar-refractivity contribution is -0.137. The minimum Gasteiger partial charge on any atom is -0.471 e. The van der Waals surface area contributed by atoms with Gasteiger partial charge in [-0.25, -0.2) is 0 Å². The molecular weight excluding hydrogens is 269 g/mol. The Balaban J connectivity index is 1.72. The molecule has 0 aliphatic carbocycles. The molecule has 0 radical (unpaired) electrons. The fourth-order valence-corrected chi connectivity index (χ4v) is 2.57. The number of benzene rings is 1. The third-order valence-electron chi connectivity index (χ3n) is 3.67. The normalized spacial score (nSPS) is 26.4. The van der Waals surface area contributed by atoms with E-state index in [0.717, 1.165) is 31.6 Å². The van der Waals surface area contributed by atoms with Crippen LogP contribution in [0.1, 0.15) is 23.7 Å². The Morgan fingerprint density at radius 1 is 1.30 bits per heavy atom. The molecular formula is C14H15F3N2O. The second-order valence-corrected chi connectivity index (χ2v) is 5.10. The van der Waals surface area contributed by atoms with E-state index >= 15 is 0 Å². The summed E-state index contributed by atoms with van der Waals surface area (Å²) in [5.41, 5.74) is -0.112. The molecule has 2 heterocycles. The van der Waals surface area contributed by atoms with Gasteiger partial charge >= 0.3 is 6.18 Å². The van der Waals surface area contributed by atoms with Gasteiger partial charge in [0.1, 0.15) is 6.10 Å². The molecule has 3 rings (SSSR count). The Morgan fingerprint density at radius 2 is 2.15 bits per heavy atom. The molecule has 2 atom stereocenters. The van der Waals surface area contributed by atoms with Crippen molar-refractivity contribution in [3.63, 3.8) is 0 Å². The van der Waals surface area contributed by atoms with E-state index < -0.39 is 17.8 Å². The number of hydrogen-bond donors (Lipinski definition) is 1. The quantitative estimate of drug-likeness (QED) is 0.906. The van der Waals surface area contributed by atoms with E-state index in [4.69, 9.17) is 4.74 Å². The summed E-state index contributed by atoms with van der Waals surface area (Å²) in [7, 11) is 0. The summed E-state index contributed by atoms with van der Waals surface area (Å²) < 4.78 is 43.8. The molecule has 2 unspecified atom stereocenters. The predicted octanol–water partition coefficient (Wildman–Crippen LogP) is 2.78. The number of nitrogens with zero attached hydrogens (tertiary/aromatic N) is 1. The van der Waals surface area contributed by atoms with Crippen molar-refractivity contribution in [2.24, 2.45) is 10.9 Å². The van der Waals surface area contributed by atoms with Gasteiger partial charge < -0.3 is 10.1 Å². The molecule has 0 saturated carbocycles. The van der Waals surface area contributed by atoms with E-state index in [1.807, 2.05) is 0 Å². The maximum absolute atomic E-state index is 12.7. The number of alkyl halides is 3. The molecule has 1 aromatic rings. The van der Waals surface area contributed by atoms with E-state index in [9.17, 15) is 13.2 Å².